The van der Waals surface area contributed by atoms with E-state index in [1.807, 2.05) is 0 Å². The molecule has 2 heterocycles. The topological polar surface area (TPSA) is 15.3 Å². The van der Waals surface area contributed by atoms with Crippen molar-refractivity contribution in [1.82, 2.24) is 10.2 Å². The number of nitrogens with one attached hydrogen (secondary N) is 1. The SMILES string of the molecule is CC(C)(C)C1CNC12CCN(C(C)(C)C)C2. The zero-order valence-corrected chi connectivity index (χ0v) is 11.9. The largest absolute Gasteiger partial charge is 0.309 e. The van der Waals surface area contributed by atoms with Gasteiger partial charge in [-0.25, -0.2) is 0 Å². The van der Waals surface area contributed by atoms with Crippen LogP contribution < -0.4 is 5.32 Å². The van der Waals surface area contributed by atoms with Crippen molar-refractivity contribution in [3.63, 3.8) is 0 Å². The third-order valence-electron chi connectivity index (χ3n) is 4.62. The highest BCUT2D eigenvalue weighted by Crippen LogP contribution is 2.46. The van der Waals surface area contributed by atoms with Crippen LogP contribution >= 0.6 is 0 Å². The van der Waals surface area contributed by atoms with Gasteiger partial charge in [-0.2, -0.15) is 0 Å². The smallest absolute Gasteiger partial charge is 0.0366 e. The molecule has 2 atom stereocenters. The maximum Gasteiger partial charge on any atom is 0.0366 e. The Hall–Kier alpha value is -0.0800. The number of hydrogen-bond acceptors (Lipinski definition) is 2. The van der Waals surface area contributed by atoms with E-state index in [-0.39, 0.29) is 0 Å². The van der Waals surface area contributed by atoms with Crippen molar-refractivity contribution in [2.45, 2.75) is 59.0 Å². The molecule has 1 N–H and O–H groups in total. The fourth-order valence-corrected chi connectivity index (χ4v) is 3.46. The van der Waals surface area contributed by atoms with E-state index in [4.69, 9.17) is 0 Å². The summed E-state index contributed by atoms with van der Waals surface area (Å²) >= 11 is 0. The second kappa shape index (κ2) is 3.46. The Kier molecular flexibility index (Phi) is 2.67. The normalized spacial score (nSPS) is 36.8. The lowest BCUT2D eigenvalue weighted by Gasteiger charge is -2.55. The van der Waals surface area contributed by atoms with Gasteiger partial charge in [0.15, 0.2) is 0 Å². The zero-order valence-electron chi connectivity index (χ0n) is 11.9. The van der Waals surface area contributed by atoms with Gasteiger partial charge >= 0.3 is 0 Å². The van der Waals surface area contributed by atoms with Gasteiger partial charge in [0.25, 0.3) is 0 Å². The number of likely N-dealkylation sites (tertiary alicyclic amines) is 1. The summed E-state index contributed by atoms with van der Waals surface area (Å²) in [5, 5.41) is 3.74. The third kappa shape index (κ3) is 1.91. The molecule has 2 saturated heterocycles. The van der Waals surface area contributed by atoms with Gasteiger partial charge < -0.3 is 5.32 Å². The first kappa shape index (κ1) is 12.4. The Balaban J connectivity index is 2.08. The second-order valence-electron chi connectivity index (χ2n) is 7.80. The van der Waals surface area contributed by atoms with Crippen LogP contribution in [0.15, 0.2) is 0 Å². The van der Waals surface area contributed by atoms with E-state index in [1.54, 1.807) is 0 Å². The lowest BCUT2D eigenvalue weighted by atomic mass is 9.63. The Morgan fingerprint density at radius 1 is 1.12 bits per heavy atom. The van der Waals surface area contributed by atoms with Crippen LogP contribution in [-0.2, 0) is 0 Å². The van der Waals surface area contributed by atoms with Gasteiger partial charge in [0.05, 0.1) is 0 Å². The predicted octanol–water partition coefficient (Wildman–Crippen LogP) is 2.49. The van der Waals surface area contributed by atoms with Crippen molar-refractivity contribution in [1.29, 1.82) is 0 Å². The van der Waals surface area contributed by atoms with Crippen LogP contribution in [0.5, 0.6) is 0 Å². The molecule has 0 bridgehead atoms. The van der Waals surface area contributed by atoms with E-state index < -0.39 is 0 Å². The van der Waals surface area contributed by atoms with Gasteiger partial charge in [-0.3, -0.25) is 4.90 Å². The summed E-state index contributed by atoms with van der Waals surface area (Å²) in [6.07, 6.45) is 1.33. The quantitative estimate of drug-likeness (QED) is 0.680. The minimum absolute atomic E-state index is 0.323. The molecular weight excluding hydrogens is 196 g/mol. The number of rotatable bonds is 0. The van der Waals surface area contributed by atoms with Crippen molar-refractivity contribution in [3.05, 3.63) is 0 Å². The average molecular weight is 224 g/mol. The monoisotopic (exact) mass is 224 g/mol. The van der Waals surface area contributed by atoms with Crippen LogP contribution in [0.3, 0.4) is 0 Å². The highest BCUT2D eigenvalue weighted by Gasteiger charge is 2.55. The molecule has 0 aromatic rings. The molecule has 16 heavy (non-hydrogen) atoms. The van der Waals surface area contributed by atoms with Gasteiger partial charge in [-0.05, 0) is 38.5 Å². The van der Waals surface area contributed by atoms with Crippen LogP contribution in [0.2, 0.25) is 0 Å². The highest BCUT2D eigenvalue weighted by atomic mass is 15.3. The molecule has 2 unspecified atom stereocenters. The van der Waals surface area contributed by atoms with Crippen LogP contribution in [-0.4, -0.2) is 35.6 Å². The molecule has 1 spiro atoms. The Morgan fingerprint density at radius 3 is 2.06 bits per heavy atom. The lowest BCUT2D eigenvalue weighted by molar-refractivity contribution is 0.00955. The first-order valence-corrected chi connectivity index (χ1v) is 6.65. The molecule has 2 aliphatic heterocycles. The van der Waals surface area contributed by atoms with E-state index >= 15 is 0 Å². The maximum absolute atomic E-state index is 3.74. The van der Waals surface area contributed by atoms with E-state index in [2.05, 4.69) is 51.8 Å². The van der Waals surface area contributed by atoms with E-state index in [0.29, 0.717) is 16.5 Å². The minimum Gasteiger partial charge on any atom is -0.309 e. The first-order chi connectivity index (χ1) is 7.15. The summed E-state index contributed by atoms with van der Waals surface area (Å²) in [7, 11) is 0. The number of hydrogen-bond donors (Lipinski definition) is 1. The highest BCUT2D eigenvalue weighted by molar-refractivity contribution is 5.13. The lowest BCUT2D eigenvalue weighted by Crippen LogP contribution is -2.70. The van der Waals surface area contributed by atoms with Crippen molar-refractivity contribution < 1.29 is 0 Å². The van der Waals surface area contributed by atoms with Crippen molar-refractivity contribution in [2.24, 2.45) is 11.3 Å². The molecule has 2 aliphatic rings. The summed E-state index contributed by atoms with van der Waals surface area (Å²) in [6, 6.07) is 0. The van der Waals surface area contributed by atoms with E-state index in [1.165, 1.54) is 26.1 Å². The number of nitrogens with zero attached hydrogens (tertiary/aromatic N) is 1. The van der Waals surface area contributed by atoms with Crippen molar-refractivity contribution in [3.8, 4) is 0 Å². The molecule has 0 saturated carbocycles. The Labute approximate surface area is 101 Å². The van der Waals surface area contributed by atoms with Crippen LogP contribution in [0.1, 0.15) is 48.0 Å². The van der Waals surface area contributed by atoms with Crippen LogP contribution in [0.25, 0.3) is 0 Å². The van der Waals surface area contributed by atoms with Gasteiger partial charge in [0.1, 0.15) is 0 Å². The summed E-state index contributed by atoms with van der Waals surface area (Å²) in [4.78, 5) is 2.64. The third-order valence-corrected chi connectivity index (χ3v) is 4.62. The molecule has 94 valence electrons. The molecular formula is C14H28N2. The summed E-state index contributed by atoms with van der Waals surface area (Å²) in [5.41, 5.74) is 1.19. The Bertz CT molecular complexity index is 271. The van der Waals surface area contributed by atoms with Gasteiger partial charge in [0, 0.05) is 30.7 Å². The van der Waals surface area contributed by atoms with E-state index in [9.17, 15) is 0 Å². The van der Waals surface area contributed by atoms with Gasteiger partial charge in [-0.1, -0.05) is 20.8 Å². The average Bonchev–Trinajstić information content (AvgIpc) is 2.42. The Morgan fingerprint density at radius 2 is 1.75 bits per heavy atom. The fourth-order valence-electron chi connectivity index (χ4n) is 3.46. The van der Waals surface area contributed by atoms with Gasteiger partial charge in [0.2, 0.25) is 0 Å². The molecule has 2 fully saturated rings. The van der Waals surface area contributed by atoms with Crippen molar-refractivity contribution >= 4 is 0 Å². The molecule has 2 rings (SSSR count). The second-order valence-corrected chi connectivity index (χ2v) is 7.80. The van der Waals surface area contributed by atoms with Crippen LogP contribution in [0.4, 0.5) is 0 Å². The molecule has 0 aromatic carbocycles. The summed E-state index contributed by atoms with van der Waals surface area (Å²) in [6.45, 7) is 17.9. The molecule has 0 aliphatic carbocycles. The first-order valence-electron chi connectivity index (χ1n) is 6.65. The summed E-state index contributed by atoms with van der Waals surface area (Å²) in [5.74, 6) is 0.840. The molecule has 2 nitrogen and oxygen atoms in total. The van der Waals surface area contributed by atoms with Crippen LogP contribution in [0, 0.1) is 11.3 Å². The molecule has 0 amide bonds. The molecule has 0 radical (unpaired) electrons. The standard InChI is InChI=1S/C14H28N2/c1-12(2,3)11-9-15-14(11)7-8-16(10-14)13(4,5)6/h11,15H,7-10H2,1-6H3. The maximum atomic E-state index is 3.74. The van der Waals surface area contributed by atoms with Crippen molar-refractivity contribution in [2.75, 3.05) is 19.6 Å². The zero-order chi connectivity index (χ0) is 12.2. The molecule has 2 heteroatoms. The summed E-state index contributed by atoms with van der Waals surface area (Å²) < 4.78 is 0. The predicted molar refractivity (Wildman–Crippen MR) is 69.6 cm³/mol. The van der Waals surface area contributed by atoms with Gasteiger partial charge in [-0.15, -0.1) is 0 Å². The minimum atomic E-state index is 0.323. The fraction of sp³-hybridized carbons (Fsp3) is 1.00. The molecule has 0 aromatic heterocycles. The van der Waals surface area contributed by atoms with E-state index in [0.717, 1.165) is 5.92 Å².